The fourth-order valence-electron chi connectivity index (χ4n) is 2.61. The van der Waals surface area contributed by atoms with Gasteiger partial charge in [-0.2, -0.15) is 5.10 Å². The largest absolute Gasteiger partial charge is 0.374 e. The predicted molar refractivity (Wildman–Crippen MR) is 84.4 cm³/mol. The zero-order valence-corrected chi connectivity index (χ0v) is 13.3. The zero-order chi connectivity index (χ0) is 15.5. The quantitative estimate of drug-likeness (QED) is 0.909. The van der Waals surface area contributed by atoms with E-state index in [0.717, 1.165) is 49.3 Å². The van der Waals surface area contributed by atoms with Crippen molar-refractivity contribution in [2.45, 2.75) is 20.0 Å². The highest BCUT2D eigenvalue weighted by atomic mass is 16.5. The summed E-state index contributed by atoms with van der Waals surface area (Å²) in [4.78, 5) is 11.1. The van der Waals surface area contributed by atoms with E-state index in [-0.39, 0.29) is 6.10 Å². The molecule has 0 bridgehead atoms. The molecule has 0 spiro atoms. The standard InChI is InChI=1S/C15H22N6O/c1-11-6-12(2)21(19-11)15-9-16-8-14(18-15)17-7-13-10-20(3)4-5-22-13/h6,8-9,13H,4-5,7,10H2,1-3H3,(H,17,18). The summed E-state index contributed by atoms with van der Waals surface area (Å²) in [5, 5.41) is 7.74. The molecule has 0 aliphatic carbocycles. The van der Waals surface area contributed by atoms with Crippen molar-refractivity contribution in [1.29, 1.82) is 0 Å². The maximum atomic E-state index is 5.74. The van der Waals surface area contributed by atoms with E-state index in [9.17, 15) is 0 Å². The summed E-state index contributed by atoms with van der Waals surface area (Å²) in [6.45, 7) is 7.39. The number of nitrogens with zero attached hydrogens (tertiary/aromatic N) is 5. The van der Waals surface area contributed by atoms with Gasteiger partial charge in [0.1, 0.15) is 5.82 Å². The van der Waals surface area contributed by atoms with Crippen LogP contribution in [0, 0.1) is 13.8 Å². The van der Waals surface area contributed by atoms with Crippen LogP contribution in [0.15, 0.2) is 18.5 Å². The molecule has 1 unspecified atom stereocenters. The Bertz CT molecular complexity index is 641. The van der Waals surface area contributed by atoms with Crippen molar-refractivity contribution < 1.29 is 4.74 Å². The van der Waals surface area contributed by atoms with Gasteiger partial charge in [-0.25, -0.2) is 9.67 Å². The van der Waals surface area contributed by atoms with Crippen molar-refractivity contribution in [2.75, 3.05) is 38.6 Å². The number of anilines is 1. The molecule has 1 N–H and O–H groups in total. The Balaban J connectivity index is 1.68. The number of hydrogen-bond acceptors (Lipinski definition) is 6. The lowest BCUT2D eigenvalue weighted by Crippen LogP contribution is -2.43. The number of nitrogens with one attached hydrogen (secondary N) is 1. The van der Waals surface area contributed by atoms with Crippen LogP contribution in [0.1, 0.15) is 11.4 Å². The van der Waals surface area contributed by atoms with Crippen LogP contribution in [-0.2, 0) is 4.74 Å². The third kappa shape index (κ3) is 3.42. The molecule has 0 radical (unpaired) electrons. The number of hydrogen-bond donors (Lipinski definition) is 1. The summed E-state index contributed by atoms with van der Waals surface area (Å²) < 4.78 is 7.54. The average Bonchev–Trinajstić information content (AvgIpc) is 2.84. The van der Waals surface area contributed by atoms with Crippen molar-refractivity contribution in [3.63, 3.8) is 0 Å². The Hall–Kier alpha value is -1.99. The van der Waals surface area contributed by atoms with Crippen molar-refractivity contribution in [1.82, 2.24) is 24.6 Å². The molecule has 1 fully saturated rings. The lowest BCUT2D eigenvalue weighted by atomic mass is 10.3. The van der Waals surface area contributed by atoms with E-state index in [2.05, 4.69) is 32.3 Å². The van der Waals surface area contributed by atoms with Gasteiger partial charge in [-0.15, -0.1) is 0 Å². The Kier molecular flexibility index (Phi) is 4.35. The lowest BCUT2D eigenvalue weighted by molar-refractivity contribution is -0.0117. The van der Waals surface area contributed by atoms with Gasteiger partial charge in [0.25, 0.3) is 0 Å². The molecule has 3 heterocycles. The average molecular weight is 302 g/mol. The van der Waals surface area contributed by atoms with E-state index in [1.165, 1.54) is 0 Å². The van der Waals surface area contributed by atoms with Crippen LogP contribution in [0.3, 0.4) is 0 Å². The highest BCUT2D eigenvalue weighted by Gasteiger charge is 2.17. The van der Waals surface area contributed by atoms with Gasteiger partial charge in [-0.05, 0) is 27.0 Å². The second-order valence-corrected chi connectivity index (χ2v) is 5.74. The Morgan fingerprint density at radius 3 is 2.95 bits per heavy atom. The number of likely N-dealkylation sites (N-methyl/N-ethyl adjacent to an activating group) is 1. The Labute approximate surface area is 130 Å². The van der Waals surface area contributed by atoms with Crippen LogP contribution in [0.2, 0.25) is 0 Å². The van der Waals surface area contributed by atoms with E-state index in [1.54, 1.807) is 17.1 Å². The van der Waals surface area contributed by atoms with E-state index in [0.29, 0.717) is 0 Å². The fourth-order valence-corrected chi connectivity index (χ4v) is 2.61. The number of morpholine rings is 1. The molecule has 1 aliphatic rings. The first-order valence-corrected chi connectivity index (χ1v) is 7.51. The molecule has 1 atom stereocenters. The maximum Gasteiger partial charge on any atom is 0.174 e. The first-order valence-electron chi connectivity index (χ1n) is 7.51. The SMILES string of the molecule is Cc1cc(C)n(-c2cncc(NCC3CN(C)CCO3)n2)n1. The van der Waals surface area contributed by atoms with Crippen LogP contribution in [0.4, 0.5) is 5.82 Å². The van der Waals surface area contributed by atoms with Crippen LogP contribution < -0.4 is 5.32 Å². The topological polar surface area (TPSA) is 68.1 Å². The maximum absolute atomic E-state index is 5.74. The van der Waals surface area contributed by atoms with Crippen molar-refractivity contribution in [2.24, 2.45) is 0 Å². The summed E-state index contributed by atoms with van der Waals surface area (Å²) in [6, 6.07) is 2.02. The zero-order valence-electron chi connectivity index (χ0n) is 13.3. The minimum atomic E-state index is 0.179. The van der Waals surface area contributed by atoms with E-state index >= 15 is 0 Å². The highest BCUT2D eigenvalue weighted by Crippen LogP contribution is 2.11. The monoisotopic (exact) mass is 302 g/mol. The van der Waals surface area contributed by atoms with Gasteiger partial charge in [0.15, 0.2) is 5.82 Å². The first kappa shape index (κ1) is 14.9. The van der Waals surface area contributed by atoms with E-state index in [1.807, 2.05) is 19.9 Å². The van der Waals surface area contributed by atoms with E-state index in [4.69, 9.17) is 4.74 Å². The number of aryl methyl sites for hydroxylation is 2. The summed E-state index contributed by atoms with van der Waals surface area (Å²) in [5.41, 5.74) is 2.01. The molecular weight excluding hydrogens is 280 g/mol. The molecule has 22 heavy (non-hydrogen) atoms. The molecule has 0 saturated carbocycles. The van der Waals surface area contributed by atoms with Crippen LogP contribution in [0.25, 0.3) is 5.82 Å². The van der Waals surface area contributed by atoms with Crippen LogP contribution in [-0.4, -0.2) is 64.0 Å². The lowest BCUT2D eigenvalue weighted by Gasteiger charge is -2.30. The van der Waals surface area contributed by atoms with Gasteiger partial charge in [0.05, 0.1) is 30.8 Å². The van der Waals surface area contributed by atoms with Gasteiger partial charge in [0, 0.05) is 25.3 Å². The molecule has 2 aromatic rings. The van der Waals surface area contributed by atoms with Gasteiger partial charge in [-0.3, -0.25) is 4.98 Å². The minimum Gasteiger partial charge on any atom is -0.374 e. The highest BCUT2D eigenvalue weighted by molar-refractivity contribution is 5.36. The van der Waals surface area contributed by atoms with Crippen LogP contribution in [0.5, 0.6) is 0 Å². The van der Waals surface area contributed by atoms with E-state index < -0.39 is 0 Å². The summed E-state index contributed by atoms with van der Waals surface area (Å²) >= 11 is 0. The third-order valence-corrected chi connectivity index (χ3v) is 3.70. The predicted octanol–water partition coefficient (Wildman–Crippen LogP) is 1.02. The summed E-state index contributed by atoms with van der Waals surface area (Å²) in [7, 11) is 2.11. The molecule has 2 aromatic heterocycles. The Morgan fingerprint density at radius 2 is 2.23 bits per heavy atom. The number of rotatable bonds is 4. The fraction of sp³-hybridized carbons (Fsp3) is 0.533. The molecule has 7 nitrogen and oxygen atoms in total. The van der Waals surface area contributed by atoms with Crippen LogP contribution >= 0.6 is 0 Å². The third-order valence-electron chi connectivity index (χ3n) is 3.70. The minimum absolute atomic E-state index is 0.179. The molecular formula is C15H22N6O. The molecule has 1 aliphatic heterocycles. The van der Waals surface area contributed by atoms with Gasteiger partial charge in [0.2, 0.25) is 0 Å². The van der Waals surface area contributed by atoms with Crippen molar-refractivity contribution in [3.8, 4) is 5.82 Å². The molecule has 3 rings (SSSR count). The first-order chi connectivity index (χ1) is 10.6. The molecule has 118 valence electrons. The smallest absolute Gasteiger partial charge is 0.174 e. The second-order valence-electron chi connectivity index (χ2n) is 5.74. The number of aromatic nitrogens is 4. The second kappa shape index (κ2) is 6.41. The molecule has 7 heteroatoms. The van der Waals surface area contributed by atoms with Gasteiger partial charge < -0.3 is 15.0 Å². The molecule has 0 aromatic carbocycles. The Morgan fingerprint density at radius 1 is 1.36 bits per heavy atom. The van der Waals surface area contributed by atoms with Crippen molar-refractivity contribution >= 4 is 5.82 Å². The number of ether oxygens (including phenoxy) is 1. The summed E-state index contributed by atoms with van der Waals surface area (Å²) in [5.74, 6) is 1.46. The van der Waals surface area contributed by atoms with Gasteiger partial charge in [-0.1, -0.05) is 0 Å². The molecule has 0 amide bonds. The van der Waals surface area contributed by atoms with Gasteiger partial charge >= 0.3 is 0 Å². The van der Waals surface area contributed by atoms with Crippen molar-refractivity contribution in [3.05, 3.63) is 29.8 Å². The summed E-state index contributed by atoms with van der Waals surface area (Å²) in [6.07, 6.45) is 3.62. The normalized spacial score (nSPS) is 19.3. The molecule has 1 saturated heterocycles.